The fraction of sp³-hybridized carbons (Fsp3) is 0.750. The molecule has 0 saturated carbocycles. The Balaban J connectivity index is 2.92. The second-order valence-corrected chi connectivity index (χ2v) is 3.82. The molecule has 0 saturated heterocycles. The van der Waals surface area contributed by atoms with Gasteiger partial charge in [-0.25, -0.2) is 0 Å². The van der Waals surface area contributed by atoms with Gasteiger partial charge in [0.05, 0.1) is 31.6 Å². The van der Waals surface area contributed by atoms with Gasteiger partial charge >= 0.3 is 0 Å². The molecular formula is C12H23N3O2. The van der Waals surface area contributed by atoms with Crippen molar-refractivity contribution >= 4 is 0 Å². The number of nitrogens with one attached hydrogen (secondary N) is 1. The van der Waals surface area contributed by atoms with E-state index in [1.165, 1.54) is 0 Å². The quantitative estimate of drug-likeness (QED) is 0.751. The lowest BCUT2D eigenvalue weighted by Crippen LogP contribution is -2.25. The molecule has 1 aromatic heterocycles. The van der Waals surface area contributed by atoms with E-state index < -0.39 is 0 Å². The van der Waals surface area contributed by atoms with E-state index >= 15 is 0 Å². The van der Waals surface area contributed by atoms with Crippen molar-refractivity contribution in [2.45, 2.75) is 32.9 Å². The van der Waals surface area contributed by atoms with Gasteiger partial charge in [-0.1, -0.05) is 6.92 Å². The van der Waals surface area contributed by atoms with Gasteiger partial charge in [0, 0.05) is 13.2 Å². The highest BCUT2D eigenvalue weighted by atomic mass is 16.5. The fourth-order valence-corrected chi connectivity index (χ4v) is 1.81. The normalized spacial score (nSPS) is 12.7. The van der Waals surface area contributed by atoms with Crippen LogP contribution in [0, 0.1) is 0 Å². The number of methoxy groups -OCH3 is 1. The molecule has 1 unspecified atom stereocenters. The first kappa shape index (κ1) is 14.0. The highest BCUT2D eigenvalue weighted by molar-refractivity contribution is 5.28. The van der Waals surface area contributed by atoms with Crippen molar-refractivity contribution in [2.75, 3.05) is 27.4 Å². The summed E-state index contributed by atoms with van der Waals surface area (Å²) in [6, 6.07) is 0.110. The van der Waals surface area contributed by atoms with Crippen molar-refractivity contribution in [1.29, 1.82) is 0 Å². The van der Waals surface area contributed by atoms with E-state index in [-0.39, 0.29) is 6.04 Å². The van der Waals surface area contributed by atoms with Crippen molar-refractivity contribution in [1.82, 2.24) is 15.1 Å². The van der Waals surface area contributed by atoms with Gasteiger partial charge in [-0.2, -0.15) is 5.10 Å². The summed E-state index contributed by atoms with van der Waals surface area (Å²) in [5, 5.41) is 7.60. The molecule has 0 aliphatic heterocycles. The lowest BCUT2D eigenvalue weighted by molar-refractivity contribution is 0.121. The Labute approximate surface area is 103 Å². The summed E-state index contributed by atoms with van der Waals surface area (Å²) >= 11 is 0. The predicted octanol–water partition coefficient (Wildman–Crippen LogP) is 1.60. The Morgan fingerprint density at radius 1 is 1.47 bits per heavy atom. The maximum Gasteiger partial charge on any atom is 0.161 e. The number of nitrogens with zero attached hydrogens (tertiary/aromatic N) is 2. The van der Waals surface area contributed by atoms with Crippen LogP contribution in [0.15, 0.2) is 6.20 Å². The summed E-state index contributed by atoms with van der Waals surface area (Å²) in [6.07, 6.45) is 2.81. The van der Waals surface area contributed by atoms with Crippen LogP contribution in [0.4, 0.5) is 0 Å². The lowest BCUT2D eigenvalue weighted by Gasteiger charge is -2.18. The van der Waals surface area contributed by atoms with Gasteiger partial charge in [0.15, 0.2) is 5.75 Å². The van der Waals surface area contributed by atoms with Gasteiger partial charge < -0.3 is 14.8 Å². The van der Waals surface area contributed by atoms with Crippen LogP contribution in [-0.4, -0.2) is 37.2 Å². The van der Waals surface area contributed by atoms with E-state index in [1.54, 1.807) is 13.3 Å². The molecule has 17 heavy (non-hydrogen) atoms. The van der Waals surface area contributed by atoms with E-state index in [0.717, 1.165) is 24.4 Å². The van der Waals surface area contributed by atoms with E-state index in [4.69, 9.17) is 9.47 Å². The van der Waals surface area contributed by atoms with E-state index in [1.807, 2.05) is 18.7 Å². The smallest absolute Gasteiger partial charge is 0.161 e. The van der Waals surface area contributed by atoms with Crippen molar-refractivity contribution in [3.63, 3.8) is 0 Å². The summed E-state index contributed by atoms with van der Waals surface area (Å²) in [5.41, 5.74) is 1.06. The molecule has 0 bridgehead atoms. The van der Waals surface area contributed by atoms with Crippen molar-refractivity contribution in [3.05, 3.63) is 11.9 Å². The van der Waals surface area contributed by atoms with Crippen LogP contribution < -0.4 is 10.1 Å². The SMILES string of the molecule is CCCn1ncc(OC)c1C(COCC)NC. The molecule has 0 aromatic carbocycles. The second kappa shape index (κ2) is 7.29. The number of rotatable bonds is 8. The molecule has 0 radical (unpaired) electrons. The van der Waals surface area contributed by atoms with Crippen LogP contribution in [0.2, 0.25) is 0 Å². The van der Waals surface area contributed by atoms with E-state index in [9.17, 15) is 0 Å². The minimum Gasteiger partial charge on any atom is -0.493 e. The minimum atomic E-state index is 0.110. The second-order valence-electron chi connectivity index (χ2n) is 3.82. The molecule has 0 fully saturated rings. The lowest BCUT2D eigenvalue weighted by atomic mass is 10.2. The van der Waals surface area contributed by atoms with Crippen molar-refractivity contribution in [2.24, 2.45) is 0 Å². The highest BCUT2D eigenvalue weighted by Crippen LogP contribution is 2.25. The number of ether oxygens (including phenoxy) is 2. The summed E-state index contributed by atoms with van der Waals surface area (Å²) < 4.78 is 12.8. The molecule has 1 heterocycles. The van der Waals surface area contributed by atoms with Crippen molar-refractivity contribution < 1.29 is 9.47 Å². The maximum atomic E-state index is 5.48. The number of hydrogen-bond acceptors (Lipinski definition) is 4. The molecule has 0 aliphatic rings. The summed E-state index contributed by atoms with van der Waals surface area (Å²) in [5.74, 6) is 0.817. The third-order valence-electron chi connectivity index (χ3n) is 2.67. The summed E-state index contributed by atoms with van der Waals surface area (Å²) in [7, 11) is 3.59. The Kier molecular flexibility index (Phi) is 6.00. The standard InChI is InChI=1S/C12H23N3O2/c1-5-7-15-12(11(16-4)8-14-15)10(13-3)9-17-6-2/h8,10,13H,5-7,9H2,1-4H3. The minimum absolute atomic E-state index is 0.110. The van der Waals surface area contributed by atoms with Gasteiger partial charge in [0.25, 0.3) is 0 Å². The highest BCUT2D eigenvalue weighted by Gasteiger charge is 2.20. The monoisotopic (exact) mass is 241 g/mol. The van der Waals surface area contributed by atoms with Gasteiger partial charge in [-0.05, 0) is 20.4 Å². The fourth-order valence-electron chi connectivity index (χ4n) is 1.81. The van der Waals surface area contributed by atoms with Gasteiger partial charge in [-0.15, -0.1) is 0 Å². The van der Waals surface area contributed by atoms with E-state index in [2.05, 4.69) is 17.3 Å². The zero-order chi connectivity index (χ0) is 12.7. The average molecular weight is 241 g/mol. The molecule has 1 aromatic rings. The largest absolute Gasteiger partial charge is 0.493 e. The van der Waals surface area contributed by atoms with Crippen LogP contribution in [-0.2, 0) is 11.3 Å². The van der Waals surface area contributed by atoms with Crippen LogP contribution in [0.5, 0.6) is 5.75 Å². The molecule has 5 heteroatoms. The third kappa shape index (κ3) is 3.44. The number of aryl methyl sites for hydroxylation is 1. The molecule has 0 amide bonds. The first-order valence-corrected chi connectivity index (χ1v) is 6.13. The van der Waals surface area contributed by atoms with Crippen LogP contribution >= 0.6 is 0 Å². The molecule has 1 atom stereocenters. The number of aromatic nitrogens is 2. The molecule has 0 spiro atoms. The molecule has 5 nitrogen and oxygen atoms in total. The topological polar surface area (TPSA) is 48.3 Å². The van der Waals surface area contributed by atoms with Crippen LogP contribution in [0.25, 0.3) is 0 Å². The van der Waals surface area contributed by atoms with Gasteiger partial charge in [0.1, 0.15) is 0 Å². The Hall–Kier alpha value is -1.07. The third-order valence-corrected chi connectivity index (χ3v) is 2.67. The Morgan fingerprint density at radius 3 is 2.76 bits per heavy atom. The predicted molar refractivity (Wildman–Crippen MR) is 67.4 cm³/mol. The number of hydrogen-bond donors (Lipinski definition) is 1. The molecule has 1 N–H and O–H groups in total. The van der Waals surface area contributed by atoms with Crippen molar-refractivity contribution in [3.8, 4) is 5.75 Å². The Bertz CT molecular complexity index is 326. The maximum absolute atomic E-state index is 5.48. The zero-order valence-electron chi connectivity index (χ0n) is 11.2. The first-order chi connectivity index (χ1) is 8.28. The molecule has 0 aliphatic carbocycles. The van der Waals surface area contributed by atoms with Crippen LogP contribution in [0.1, 0.15) is 32.0 Å². The van der Waals surface area contributed by atoms with E-state index in [0.29, 0.717) is 13.2 Å². The molecular weight excluding hydrogens is 218 g/mol. The van der Waals surface area contributed by atoms with Gasteiger partial charge in [-0.3, -0.25) is 4.68 Å². The van der Waals surface area contributed by atoms with Gasteiger partial charge in [0.2, 0.25) is 0 Å². The molecule has 1 rings (SSSR count). The molecule has 98 valence electrons. The zero-order valence-corrected chi connectivity index (χ0v) is 11.2. The van der Waals surface area contributed by atoms with Crippen LogP contribution in [0.3, 0.4) is 0 Å². The average Bonchev–Trinajstić information content (AvgIpc) is 2.74. The Morgan fingerprint density at radius 2 is 2.24 bits per heavy atom. The summed E-state index contributed by atoms with van der Waals surface area (Å²) in [4.78, 5) is 0. The summed E-state index contributed by atoms with van der Waals surface area (Å²) in [6.45, 7) is 6.35. The first-order valence-electron chi connectivity index (χ1n) is 6.13. The number of likely N-dealkylation sites (N-methyl/N-ethyl adjacent to an activating group) is 1.